The molecule has 3 N–H and O–H groups in total. The van der Waals surface area contributed by atoms with Gasteiger partial charge in [0, 0.05) is 45.2 Å². The third-order valence-corrected chi connectivity index (χ3v) is 7.15. The molecule has 0 radical (unpaired) electrons. The fourth-order valence-corrected chi connectivity index (χ4v) is 4.74. The normalized spacial score (nSPS) is 13.6. The van der Waals surface area contributed by atoms with E-state index in [0.29, 0.717) is 35.2 Å². The molecule has 1 saturated heterocycles. The zero-order chi connectivity index (χ0) is 31.7. The molecule has 0 saturated carbocycles. The summed E-state index contributed by atoms with van der Waals surface area (Å²) in [5.74, 6) is 0.896. The second kappa shape index (κ2) is 14.7. The van der Waals surface area contributed by atoms with Gasteiger partial charge >= 0.3 is 12.1 Å². The Kier molecular flexibility index (Phi) is 11.3. The Labute approximate surface area is 253 Å². The van der Waals surface area contributed by atoms with Gasteiger partial charge in [-0.15, -0.1) is 0 Å². The summed E-state index contributed by atoms with van der Waals surface area (Å²) in [4.78, 5) is 40.1. The van der Waals surface area contributed by atoms with Gasteiger partial charge in [0.2, 0.25) is 0 Å². The van der Waals surface area contributed by atoms with Gasteiger partial charge in [-0.2, -0.15) is 0 Å². The molecule has 1 aliphatic heterocycles. The van der Waals surface area contributed by atoms with Crippen molar-refractivity contribution < 1.29 is 28.6 Å². The standard InChI is InChI=1S/C32H43N5O6/c1-21(33)37-13-10-23(11-14-37)12-15-41-28-18-26(17-27(19-28)30(39)36(5)6)24-8-7-9-25(16-24)29(34)35-31(40)43-32(3,4)20-42-22(2)38/h7-9,16-19,23,33H,10-15,20H2,1-6H3,(H2,34,35,40). The van der Waals surface area contributed by atoms with E-state index in [1.807, 2.05) is 19.1 Å². The van der Waals surface area contributed by atoms with Crippen LogP contribution in [0.5, 0.6) is 5.75 Å². The van der Waals surface area contributed by atoms with Crippen molar-refractivity contribution in [1.82, 2.24) is 15.1 Å². The molecule has 0 aliphatic carbocycles. The van der Waals surface area contributed by atoms with Crippen molar-refractivity contribution in [3.05, 3.63) is 53.6 Å². The topological polar surface area (TPSA) is 145 Å². The predicted molar refractivity (Wildman–Crippen MR) is 165 cm³/mol. The maximum Gasteiger partial charge on any atom is 0.413 e. The van der Waals surface area contributed by atoms with E-state index in [-0.39, 0.29) is 18.3 Å². The molecule has 2 aromatic carbocycles. The molecular formula is C32H43N5O6. The molecule has 11 nitrogen and oxygen atoms in total. The lowest BCUT2D eigenvalue weighted by atomic mass is 9.94. The van der Waals surface area contributed by atoms with Gasteiger partial charge in [-0.25, -0.2) is 4.79 Å². The van der Waals surface area contributed by atoms with Gasteiger partial charge in [0.25, 0.3) is 5.91 Å². The van der Waals surface area contributed by atoms with Gasteiger partial charge in [0.05, 0.1) is 12.4 Å². The number of carbonyl (C=O) groups excluding carboxylic acids is 3. The molecule has 0 unspecified atom stereocenters. The summed E-state index contributed by atoms with van der Waals surface area (Å²) >= 11 is 0. The summed E-state index contributed by atoms with van der Waals surface area (Å²) in [6.45, 7) is 8.47. The number of hydrogen-bond donors (Lipinski definition) is 3. The molecule has 0 aromatic heterocycles. The molecule has 43 heavy (non-hydrogen) atoms. The molecule has 0 bridgehead atoms. The van der Waals surface area contributed by atoms with Crippen LogP contribution in [-0.2, 0) is 14.3 Å². The average Bonchev–Trinajstić information content (AvgIpc) is 2.95. The van der Waals surface area contributed by atoms with Gasteiger partial charge in [0.15, 0.2) is 0 Å². The summed E-state index contributed by atoms with van der Waals surface area (Å²) < 4.78 is 16.4. The highest BCUT2D eigenvalue weighted by Crippen LogP contribution is 2.29. The van der Waals surface area contributed by atoms with E-state index in [9.17, 15) is 14.4 Å². The summed E-state index contributed by atoms with van der Waals surface area (Å²) in [5, 5.41) is 18.7. The molecule has 11 heteroatoms. The first-order chi connectivity index (χ1) is 20.2. The van der Waals surface area contributed by atoms with Crippen LogP contribution in [-0.4, -0.2) is 85.4 Å². The zero-order valence-corrected chi connectivity index (χ0v) is 25.9. The average molecular weight is 594 g/mol. The summed E-state index contributed by atoms with van der Waals surface area (Å²) in [6.07, 6.45) is 2.08. The number of benzene rings is 2. The number of likely N-dealkylation sites (tertiary alicyclic amines) is 1. The Bertz CT molecular complexity index is 1350. The molecule has 232 valence electrons. The Morgan fingerprint density at radius 2 is 1.67 bits per heavy atom. The lowest BCUT2D eigenvalue weighted by Gasteiger charge is -2.32. The van der Waals surface area contributed by atoms with E-state index in [1.165, 1.54) is 11.8 Å². The summed E-state index contributed by atoms with van der Waals surface area (Å²) in [6, 6.07) is 12.5. The largest absolute Gasteiger partial charge is 0.494 e. The van der Waals surface area contributed by atoms with Gasteiger partial charge in [-0.05, 0) is 81.3 Å². The number of rotatable bonds is 10. The van der Waals surface area contributed by atoms with Crippen molar-refractivity contribution in [2.45, 2.75) is 52.6 Å². The van der Waals surface area contributed by atoms with Gasteiger partial charge < -0.3 is 24.0 Å². The van der Waals surface area contributed by atoms with Crippen LogP contribution < -0.4 is 10.1 Å². The number of nitrogens with one attached hydrogen (secondary N) is 3. The lowest BCUT2D eigenvalue weighted by molar-refractivity contribution is -0.147. The Morgan fingerprint density at radius 3 is 2.30 bits per heavy atom. The first kappa shape index (κ1) is 33.1. The number of nitrogens with zero attached hydrogens (tertiary/aromatic N) is 2. The van der Waals surface area contributed by atoms with Crippen LogP contribution in [0.25, 0.3) is 11.1 Å². The van der Waals surface area contributed by atoms with Crippen LogP contribution in [0.3, 0.4) is 0 Å². The van der Waals surface area contributed by atoms with Crippen LogP contribution in [0.4, 0.5) is 4.79 Å². The van der Waals surface area contributed by atoms with Gasteiger partial charge in [-0.3, -0.25) is 25.7 Å². The second-order valence-corrected chi connectivity index (χ2v) is 11.6. The quantitative estimate of drug-likeness (QED) is 0.201. The van der Waals surface area contributed by atoms with E-state index in [1.54, 1.807) is 58.3 Å². The molecular weight excluding hydrogens is 550 g/mol. The number of piperidine rings is 1. The Hall–Kier alpha value is -4.41. The van der Waals surface area contributed by atoms with Gasteiger partial charge in [-0.1, -0.05) is 18.2 Å². The second-order valence-electron chi connectivity index (χ2n) is 11.6. The number of carbonyl (C=O) groups is 3. The van der Waals surface area contributed by atoms with Crippen molar-refractivity contribution >= 4 is 29.6 Å². The molecule has 1 heterocycles. The minimum atomic E-state index is -1.08. The van der Waals surface area contributed by atoms with Crippen LogP contribution in [0.1, 0.15) is 62.9 Å². The molecule has 1 aliphatic rings. The minimum Gasteiger partial charge on any atom is -0.494 e. The third-order valence-electron chi connectivity index (χ3n) is 7.15. The molecule has 3 rings (SSSR count). The number of esters is 1. The first-order valence-electron chi connectivity index (χ1n) is 14.4. The Morgan fingerprint density at radius 1 is 1.00 bits per heavy atom. The summed E-state index contributed by atoms with van der Waals surface area (Å²) in [5.41, 5.74) is 1.30. The lowest BCUT2D eigenvalue weighted by Crippen LogP contribution is -2.40. The first-order valence-corrected chi connectivity index (χ1v) is 14.4. The van der Waals surface area contributed by atoms with E-state index in [4.69, 9.17) is 25.0 Å². The maximum absolute atomic E-state index is 12.9. The number of ether oxygens (including phenoxy) is 3. The van der Waals surface area contributed by atoms with Crippen molar-refractivity contribution in [2.24, 2.45) is 5.92 Å². The fraction of sp³-hybridized carbons (Fsp3) is 0.469. The Balaban J connectivity index is 1.72. The highest BCUT2D eigenvalue weighted by molar-refractivity contribution is 6.05. The fourth-order valence-electron chi connectivity index (χ4n) is 4.74. The van der Waals surface area contributed by atoms with Crippen LogP contribution in [0.15, 0.2) is 42.5 Å². The highest BCUT2D eigenvalue weighted by atomic mass is 16.6. The minimum absolute atomic E-state index is 0.116. The summed E-state index contributed by atoms with van der Waals surface area (Å²) in [7, 11) is 3.39. The van der Waals surface area contributed by atoms with Crippen LogP contribution >= 0.6 is 0 Å². The van der Waals surface area contributed by atoms with E-state index < -0.39 is 17.7 Å². The zero-order valence-electron chi connectivity index (χ0n) is 25.9. The monoisotopic (exact) mass is 593 g/mol. The van der Waals surface area contributed by atoms with Gasteiger partial charge in [0.1, 0.15) is 23.8 Å². The molecule has 0 spiro atoms. The van der Waals surface area contributed by atoms with Crippen molar-refractivity contribution in [3.8, 4) is 16.9 Å². The van der Waals surface area contributed by atoms with E-state index in [0.717, 1.165) is 43.5 Å². The number of hydrogen-bond acceptors (Lipinski definition) is 8. The number of alkyl carbamates (subject to hydrolysis) is 1. The van der Waals surface area contributed by atoms with Crippen molar-refractivity contribution in [1.29, 1.82) is 10.8 Å². The van der Waals surface area contributed by atoms with E-state index >= 15 is 0 Å². The number of amides is 2. The van der Waals surface area contributed by atoms with Crippen molar-refractivity contribution in [3.63, 3.8) is 0 Å². The molecule has 1 fully saturated rings. The van der Waals surface area contributed by atoms with E-state index in [2.05, 4.69) is 10.2 Å². The third kappa shape index (κ3) is 10.1. The number of amidine groups is 2. The predicted octanol–water partition coefficient (Wildman–Crippen LogP) is 4.93. The highest BCUT2D eigenvalue weighted by Gasteiger charge is 2.25. The molecule has 2 aromatic rings. The van der Waals surface area contributed by atoms with Crippen LogP contribution in [0.2, 0.25) is 0 Å². The molecule has 2 amide bonds. The van der Waals surface area contributed by atoms with Crippen molar-refractivity contribution in [2.75, 3.05) is 40.4 Å². The maximum atomic E-state index is 12.9. The molecule has 0 atom stereocenters. The smallest absolute Gasteiger partial charge is 0.413 e. The van der Waals surface area contributed by atoms with Crippen LogP contribution in [0, 0.1) is 16.7 Å². The SMILES string of the molecule is CC(=N)N1CCC(CCOc2cc(C(=O)N(C)C)cc(-c3cccc(C(=N)NC(=O)OC(C)(C)COC(C)=O)c3)c2)CC1.